The molecule has 1 aliphatic carbocycles. The Kier molecular flexibility index (Phi) is 3.03. The zero-order valence-corrected chi connectivity index (χ0v) is 12.4. The van der Waals surface area contributed by atoms with E-state index in [2.05, 4.69) is 15.0 Å². The van der Waals surface area contributed by atoms with Gasteiger partial charge in [0, 0.05) is 24.2 Å². The first-order chi connectivity index (χ1) is 9.03. The number of hydrogen-bond acceptors (Lipinski definition) is 5. The molecule has 2 atom stereocenters. The maximum Gasteiger partial charge on any atom is 0.260 e. The molecule has 1 saturated carbocycles. The van der Waals surface area contributed by atoms with Crippen LogP contribution in [0.1, 0.15) is 20.3 Å². The average molecular weight is 300 g/mol. The lowest BCUT2D eigenvalue weighted by Gasteiger charge is -2.07. The van der Waals surface area contributed by atoms with E-state index in [0.29, 0.717) is 23.2 Å². The van der Waals surface area contributed by atoms with Crippen LogP contribution < -0.4 is 10.0 Å². The van der Waals surface area contributed by atoms with Gasteiger partial charge in [0.1, 0.15) is 0 Å². The molecule has 19 heavy (non-hydrogen) atoms. The molecule has 104 valence electrons. The lowest BCUT2D eigenvalue weighted by molar-refractivity contribution is 0.574. The van der Waals surface area contributed by atoms with Gasteiger partial charge in [0.05, 0.1) is 0 Å². The van der Waals surface area contributed by atoms with Crippen LogP contribution in [0.3, 0.4) is 0 Å². The third kappa shape index (κ3) is 2.24. The van der Waals surface area contributed by atoms with Crippen LogP contribution in [-0.4, -0.2) is 30.4 Å². The lowest BCUT2D eigenvalue weighted by atomic mass is 10.5. The second-order valence-corrected chi connectivity index (χ2v) is 7.29. The van der Waals surface area contributed by atoms with E-state index in [-0.39, 0.29) is 11.1 Å². The van der Waals surface area contributed by atoms with Crippen LogP contribution in [0.25, 0.3) is 4.96 Å². The van der Waals surface area contributed by atoms with Gasteiger partial charge in [-0.1, -0.05) is 6.92 Å². The molecule has 8 heteroatoms. The number of nitrogens with zero attached hydrogens (tertiary/aromatic N) is 2. The largest absolute Gasteiger partial charge is 0.368 e. The van der Waals surface area contributed by atoms with Crippen molar-refractivity contribution in [3.8, 4) is 0 Å². The molecule has 2 aromatic heterocycles. The Morgan fingerprint density at radius 2 is 2.32 bits per heavy atom. The van der Waals surface area contributed by atoms with Gasteiger partial charge in [0.15, 0.2) is 15.8 Å². The molecule has 0 spiro atoms. The Morgan fingerprint density at radius 3 is 2.95 bits per heavy atom. The summed E-state index contributed by atoms with van der Waals surface area (Å²) in [6, 6.07) is 0.0589. The number of imidazole rings is 1. The first-order valence-electron chi connectivity index (χ1n) is 6.24. The van der Waals surface area contributed by atoms with Crippen LogP contribution in [0.15, 0.2) is 16.6 Å². The van der Waals surface area contributed by atoms with Gasteiger partial charge in [-0.15, -0.1) is 11.3 Å². The summed E-state index contributed by atoms with van der Waals surface area (Å²) in [6.07, 6.45) is 2.64. The highest BCUT2D eigenvalue weighted by Crippen LogP contribution is 2.32. The maximum absolute atomic E-state index is 12.5. The zero-order chi connectivity index (χ0) is 13.6. The van der Waals surface area contributed by atoms with E-state index in [0.717, 1.165) is 6.42 Å². The van der Waals surface area contributed by atoms with Crippen molar-refractivity contribution in [1.82, 2.24) is 14.1 Å². The summed E-state index contributed by atoms with van der Waals surface area (Å²) in [7, 11) is -3.54. The Morgan fingerprint density at radius 1 is 1.58 bits per heavy atom. The van der Waals surface area contributed by atoms with Crippen molar-refractivity contribution >= 4 is 32.1 Å². The summed E-state index contributed by atoms with van der Waals surface area (Å²) < 4.78 is 29.3. The number of sulfonamides is 1. The monoisotopic (exact) mass is 300 g/mol. The molecule has 0 amide bonds. The fraction of sp³-hybridized carbons (Fsp3) is 0.545. The fourth-order valence-electron chi connectivity index (χ4n) is 2.05. The molecule has 0 aromatic carbocycles. The standard InChI is InChI=1S/C11H16N4O2S2/c1-3-12-9-10(15-4-5-18-11(15)13-9)19(16,17)14-8-6-7(8)2/h4-5,7-8,12,14H,3,6H2,1-2H3. The van der Waals surface area contributed by atoms with Crippen molar-refractivity contribution in [1.29, 1.82) is 0 Å². The van der Waals surface area contributed by atoms with Gasteiger partial charge in [-0.05, 0) is 19.3 Å². The summed E-state index contributed by atoms with van der Waals surface area (Å²) in [5, 5.41) is 5.06. The van der Waals surface area contributed by atoms with Gasteiger partial charge in [-0.25, -0.2) is 18.1 Å². The van der Waals surface area contributed by atoms with Gasteiger partial charge in [-0.2, -0.15) is 0 Å². The van der Waals surface area contributed by atoms with Crippen LogP contribution >= 0.6 is 11.3 Å². The van der Waals surface area contributed by atoms with E-state index in [1.54, 1.807) is 10.6 Å². The summed E-state index contributed by atoms with van der Waals surface area (Å²) in [5.41, 5.74) is 0. The van der Waals surface area contributed by atoms with Crippen molar-refractivity contribution in [3.05, 3.63) is 11.6 Å². The summed E-state index contributed by atoms with van der Waals surface area (Å²) >= 11 is 1.42. The molecule has 2 heterocycles. The van der Waals surface area contributed by atoms with Crippen molar-refractivity contribution in [3.63, 3.8) is 0 Å². The second-order valence-electron chi connectivity index (χ2n) is 4.79. The van der Waals surface area contributed by atoms with E-state index in [9.17, 15) is 8.42 Å². The number of thiazole rings is 1. The molecule has 0 radical (unpaired) electrons. The van der Waals surface area contributed by atoms with Gasteiger partial charge in [0.25, 0.3) is 10.0 Å². The summed E-state index contributed by atoms with van der Waals surface area (Å²) in [6.45, 7) is 4.59. The van der Waals surface area contributed by atoms with Gasteiger partial charge >= 0.3 is 0 Å². The Bertz CT molecular complexity index is 703. The van der Waals surface area contributed by atoms with E-state index < -0.39 is 10.0 Å². The number of rotatable bonds is 5. The van der Waals surface area contributed by atoms with Crippen LogP contribution in [0.4, 0.5) is 5.82 Å². The van der Waals surface area contributed by atoms with Gasteiger partial charge < -0.3 is 5.32 Å². The molecular weight excluding hydrogens is 284 g/mol. The van der Waals surface area contributed by atoms with E-state index in [1.165, 1.54) is 11.3 Å². The third-order valence-electron chi connectivity index (χ3n) is 3.23. The van der Waals surface area contributed by atoms with Crippen molar-refractivity contribution in [2.45, 2.75) is 31.3 Å². The Balaban J connectivity index is 2.05. The summed E-state index contributed by atoms with van der Waals surface area (Å²) in [4.78, 5) is 5.01. The van der Waals surface area contributed by atoms with E-state index in [4.69, 9.17) is 0 Å². The summed E-state index contributed by atoms with van der Waals surface area (Å²) in [5.74, 6) is 0.846. The van der Waals surface area contributed by atoms with Crippen LogP contribution in [-0.2, 0) is 10.0 Å². The number of nitrogens with one attached hydrogen (secondary N) is 2. The molecule has 3 rings (SSSR count). The van der Waals surface area contributed by atoms with Crippen molar-refractivity contribution < 1.29 is 8.42 Å². The smallest absolute Gasteiger partial charge is 0.260 e. The second kappa shape index (κ2) is 4.46. The van der Waals surface area contributed by atoms with E-state index >= 15 is 0 Å². The third-order valence-corrected chi connectivity index (χ3v) is 5.50. The molecule has 1 aliphatic rings. The van der Waals surface area contributed by atoms with Gasteiger partial charge in [0.2, 0.25) is 0 Å². The topological polar surface area (TPSA) is 75.5 Å². The fourth-order valence-corrected chi connectivity index (χ4v) is 4.43. The molecule has 0 aliphatic heterocycles. The number of aromatic nitrogens is 2. The highest BCUT2D eigenvalue weighted by Gasteiger charge is 2.38. The normalized spacial score (nSPS) is 22.8. The lowest BCUT2D eigenvalue weighted by Crippen LogP contribution is -2.28. The van der Waals surface area contributed by atoms with Crippen molar-refractivity contribution in [2.75, 3.05) is 11.9 Å². The highest BCUT2D eigenvalue weighted by atomic mass is 32.2. The highest BCUT2D eigenvalue weighted by molar-refractivity contribution is 7.89. The molecule has 1 fully saturated rings. The van der Waals surface area contributed by atoms with Crippen molar-refractivity contribution in [2.24, 2.45) is 5.92 Å². The Hall–Kier alpha value is -1.12. The molecule has 0 bridgehead atoms. The predicted molar refractivity (Wildman–Crippen MR) is 75.1 cm³/mol. The number of hydrogen-bond donors (Lipinski definition) is 2. The number of fused-ring (bicyclic) bond motifs is 1. The van der Waals surface area contributed by atoms with Crippen LogP contribution in [0, 0.1) is 5.92 Å². The quantitative estimate of drug-likeness (QED) is 0.878. The minimum atomic E-state index is -3.54. The molecule has 0 saturated heterocycles. The van der Waals surface area contributed by atoms with Gasteiger partial charge in [-0.3, -0.25) is 4.40 Å². The molecule has 6 nitrogen and oxygen atoms in total. The predicted octanol–water partition coefficient (Wildman–Crippen LogP) is 1.51. The number of anilines is 1. The first-order valence-corrected chi connectivity index (χ1v) is 8.61. The molecular formula is C11H16N4O2S2. The molecule has 2 unspecified atom stereocenters. The van der Waals surface area contributed by atoms with E-state index in [1.807, 2.05) is 19.2 Å². The SMILES string of the molecule is CCNc1nc2sccn2c1S(=O)(=O)NC1CC1C. The average Bonchev–Trinajstić information content (AvgIpc) is 2.75. The molecule has 2 aromatic rings. The minimum absolute atomic E-state index is 0.0589. The van der Waals surface area contributed by atoms with Crippen LogP contribution in [0.5, 0.6) is 0 Å². The minimum Gasteiger partial charge on any atom is -0.368 e. The maximum atomic E-state index is 12.5. The zero-order valence-electron chi connectivity index (χ0n) is 10.8. The molecule has 2 N–H and O–H groups in total. The van der Waals surface area contributed by atoms with Crippen LogP contribution in [0.2, 0.25) is 0 Å². The Labute approximate surface area is 115 Å². The first kappa shape index (κ1) is 12.9.